The largest absolute Gasteiger partial charge is 0.377 e. The lowest BCUT2D eigenvalue weighted by molar-refractivity contribution is -0.385. The lowest BCUT2D eigenvalue weighted by Crippen LogP contribution is -2.39. The van der Waals surface area contributed by atoms with Gasteiger partial charge in [0.25, 0.3) is 11.6 Å². The summed E-state index contributed by atoms with van der Waals surface area (Å²) in [5, 5.41) is 11.0. The number of carbonyl (C=O) groups is 1. The number of aryl methyl sites for hydroxylation is 1. The van der Waals surface area contributed by atoms with Crippen molar-refractivity contribution in [3.63, 3.8) is 0 Å². The number of amides is 1. The summed E-state index contributed by atoms with van der Waals surface area (Å²) in [6.45, 7) is 7.82. The molecule has 0 N–H and O–H groups in total. The highest BCUT2D eigenvalue weighted by molar-refractivity contribution is 5.95. The smallest absolute Gasteiger partial charge is 0.273 e. The molecule has 1 aromatic rings. The summed E-state index contributed by atoms with van der Waals surface area (Å²) in [4.78, 5) is 24.8. The molecule has 6 heteroatoms. The van der Waals surface area contributed by atoms with Crippen LogP contribution in [-0.2, 0) is 4.74 Å². The molecular weight excluding hydrogens is 296 g/mol. The predicted molar refractivity (Wildman–Crippen MR) is 87.5 cm³/mol. The average molecular weight is 318 g/mol. The zero-order valence-electron chi connectivity index (χ0n) is 13.4. The van der Waals surface area contributed by atoms with Crippen molar-refractivity contribution in [2.45, 2.75) is 19.8 Å². The molecule has 1 fully saturated rings. The number of hydrogen-bond acceptors (Lipinski definition) is 4. The van der Waals surface area contributed by atoms with Crippen molar-refractivity contribution in [3.05, 3.63) is 52.1 Å². The van der Waals surface area contributed by atoms with E-state index in [1.165, 1.54) is 6.07 Å². The number of carbonyl (C=O) groups excluding carboxylic acids is 1. The van der Waals surface area contributed by atoms with Crippen LogP contribution in [0.1, 0.15) is 28.8 Å². The Labute approximate surface area is 135 Å². The number of nitro groups is 1. The van der Waals surface area contributed by atoms with Crippen molar-refractivity contribution in [3.8, 4) is 0 Å². The molecular formula is C17H22N2O4. The minimum absolute atomic E-state index is 0.0106. The van der Waals surface area contributed by atoms with Crippen molar-refractivity contribution < 1.29 is 14.5 Å². The minimum atomic E-state index is -0.449. The first-order valence-corrected chi connectivity index (χ1v) is 7.76. The van der Waals surface area contributed by atoms with Gasteiger partial charge in [0.2, 0.25) is 0 Å². The van der Waals surface area contributed by atoms with E-state index < -0.39 is 4.92 Å². The molecule has 2 rings (SSSR count). The summed E-state index contributed by atoms with van der Waals surface area (Å²) >= 11 is 0. The Hall–Kier alpha value is -2.21. The monoisotopic (exact) mass is 318 g/mol. The first-order valence-electron chi connectivity index (χ1n) is 7.76. The Morgan fingerprint density at radius 3 is 2.78 bits per heavy atom. The molecule has 0 radical (unpaired) electrons. The summed E-state index contributed by atoms with van der Waals surface area (Å²) in [6.07, 6.45) is 3.50. The lowest BCUT2D eigenvalue weighted by Gasteiger charge is -2.31. The Morgan fingerprint density at radius 2 is 2.17 bits per heavy atom. The molecule has 1 amide bonds. The number of likely N-dealkylation sites (tertiary alicyclic amines) is 1. The lowest BCUT2D eigenvalue weighted by atomic mass is 9.97. The average Bonchev–Trinajstić information content (AvgIpc) is 2.55. The van der Waals surface area contributed by atoms with Crippen LogP contribution in [0, 0.1) is 23.0 Å². The fourth-order valence-corrected chi connectivity index (χ4v) is 2.74. The van der Waals surface area contributed by atoms with E-state index >= 15 is 0 Å². The maximum atomic E-state index is 12.5. The second-order valence-corrected chi connectivity index (χ2v) is 5.82. The highest BCUT2D eigenvalue weighted by atomic mass is 16.6. The highest BCUT2D eigenvalue weighted by Crippen LogP contribution is 2.23. The van der Waals surface area contributed by atoms with Crippen molar-refractivity contribution in [2.24, 2.45) is 5.92 Å². The van der Waals surface area contributed by atoms with Gasteiger partial charge >= 0.3 is 0 Å². The fraction of sp³-hybridized carbons (Fsp3) is 0.471. The maximum absolute atomic E-state index is 12.5. The standard InChI is InChI=1S/C17H22N2O4/c1-3-10-23-12-14-6-8-18(9-7-14)17(20)15-5-4-13(2)16(11-15)19(21)22/h3-5,11,14H,1,6-10,12H2,2H3. The molecule has 1 saturated heterocycles. The van der Waals surface area contributed by atoms with E-state index in [4.69, 9.17) is 4.74 Å². The van der Waals surface area contributed by atoms with Crippen molar-refractivity contribution in [2.75, 3.05) is 26.3 Å². The van der Waals surface area contributed by atoms with Gasteiger partial charge in [-0.3, -0.25) is 14.9 Å². The van der Waals surface area contributed by atoms with Gasteiger partial charge in [-0.2, -0.15) is 0 Å². The molecule has 6 nitrogen and oxygen atoms in total. The third-order valence-electron chi connectivity index (χ3n) is 4.14. The van der Waals surface area contributed by atoms with E-state index in [1.54, 1.807) is 30.0 Å². The summed E-state index contributed by atoms with van der Waals surface area (Å²) in [7, 11) is 0. The predicted octanol–water partition coefficient (Wildman–Crippen LogP) is 2.96. The van der Waals surface area contributed by atoms with Gasteiger partial charge in [-0.25, -0.2) is 0 Å². The quantitative estimate of drug-likeness (QED) is 0.350. The van der Waals surface area contributed by atoms with Gasteiger partial charge in [-0.15, -0.1) is 6.58 Å². The van der Waals surface area contributed by atoms with Crippen LogP contribution >= 0.6 is 0 Å². The van der Waals surface area contributed by atoms with Gasteiger partial charge in [0.1, 0.15) is 0 Å². The van der Waals surface area contributed by atoms with Crippen LogP contribution in [0.15, 0.2) is 30.9 Å². The van der Waals surface area contributed by atoms with Crippen LogP contribution in [-0.4, -0.2) is 42.0 Å². The first-order chi connectivity index (χ1) is 11.0. The molecule has 1 heterocycles. The summed E-state index contributed by atoms with van der Waals surface area (Å²) in [6, 6.07) is 4.65. The van der Waals surface area contributed by atoms with Crippen LogP contribution in [0.4, 0.5) is 5.69 Å². The van der Waals surface area contributed by atoms with Gasteiger partial charge in [-0.1, -0.05) is 12.1 Å². The Bertz CT molecular complexity index is 592. The summed E-state index contributed by atoms with van der Waals surface area (Å²) in [5.74, 6) is 0.310. The molecule has 1 aromatic carbocycles. The fourth-order valence-electron chi connectivity index (χ4n) is 2.74. The maximum Gasteiger partial charge on any atom is 0.273 e. The van der Waals surface area contributed by atoms with Gasteiger partial charge in [0, 0.05) is 36.9 Å². The van der Waals surface area contributed by atoms with Gasteiger partial charge in [-0.05, 0) is 31.7 Å². The second kappa shape index (κ2) is 7.87. The summed E-state index contributed by atoms with van der Waals surface area (Å²) in [5.41, 5.74) is 0.928. The van der Waals surface area contributed by atoms with Gasteiger partial charge in [0.15, 0.2) is 0 Å². The third-order valence-corrected chi connectivity index (χ3v) is 4.14. The molecule has 23 heavy (non-hydrogen) atoms. The molecule has 1 aliphatic heterocycles. The van der Waals surface area contributed by atoms with Crippen LogP contribution in [0.5, 0.6) is 0 Å². The molecule has 0 aliphatic carbocycles. The molecule has 1 aliphatic rings. The van der Waals surface area contributed by atoms with E-state index in [2.05, 4.69) is 6.58 Å². The normalized spacial score (nSPS) is 15.4. The van der Waals surface area contributed by atoms with Crippen LogP contribution in [0.25, 0.3) is 0 Å². The number of ether oxygens (including phenoxy) is 1. The Kier molecular flexibility index (Phi) is 5.87. The number of nitrogens with zero attached hydrogens (tertiary/aromatic N) is 2. The van der Waals surface area contributed by atoms with E-state index in [1.807, 2.05) is 0 Å². The molecule has 0 unspecified atom stereocenters. The van der Waals surface area contributed by atoms with Crippen molar-refractivity contribution in [1.82, 2.24) is 4.90 Å². The SMILES string of the molecule is C=CCOCC1CCN(C(=O)c2ccc(C)c([N+](=O)[O-])c2)CC1. The molecule has 124 valence electrons. The number of piperidine rings is 1. The molecule has 0 saturated carbocycles. The van der Waals surface area contributed by atoms with Gasteiger partial charge < -0.3 is 9.64 Å². The van der Waals surface area contributed by atoms with Crippen LogP contribution < -0.4 is 0 Å². The number of hydrogen-bond donors (Lipinski definition) is 0. The Morgan fingerprint density at radius 1 is 1.48 bits per heavy atom. The Balaban J connectivity index is 1.96. The molecule has 0 spiro atoms. The highest BCUT2D eigenvalue weighted by Gasteiger charge is 2.25. The number of rotatable bonds is 6. The molecule has 0 aromatic heterocycles. The minimum Gasteiger partial charge on any atom is -0.377 e. The topological polar surface area (TPSA) is 72.7 Å². The van der Waals surface area contributed by atoms with E-state index in [0.29, 0.717) is 43.3 Å². The second-order valence-electron chi connectivity index (χ2n) is 5.82. The van der Waals surface area contributed by atoms with E-state index in [-0.39, 0.29) is 11.6 Å². The van der Waals surface area contributed by atoms with Gasteiger partial charge in [0.05, 0.1) is 11.5 Å². The van der Waals surface area contributed by atoms with E-state index in [0.717, 1.165) is 12.8 Å². The van der Waals surface area contributed by atoms with E-state index in [9.17, 15) is 14.9 Å². The van der Waals surface area contributed by atoms with Crippen molar-refractivity contribution >= 4 is 11.6 Å². The zero-order chi connectivity index (χ0) is 16.8. The number of nitro benzene ring substituents is 1. The van der Waals surface area contributed by atoms with Crippen LogP contribution in [0.3, 0.4) is 0 Å². The summed E-state index contributed by atoms with van der Waals surface area (Å²) < 4.78 is 5.46. The molecule has 0 bridgehead atoms. The third kappa shape index (κ3) is 4.39. The number of benzene rings is 1. The molecule has 0 atom stereocenters. The van der Waals surface area contributed by atoms with Crippen LogP contribution in [0.2, 0.25) is 0 Å². The first kappa shape index (κ1) is 17.1. The zero-order valence-corrected chi connectivity index (χ0v) is 13.4. The van der Waals surface area contributed by atoms with Crippen molar-refractivity contribution in [1.29, 1.82) is 0 Å².